The van der Waals surface area contributed by atoms with Crippen molar-refractivity contribution in [2.75, 3.05) is 13.1 Å². The van der Waals surface area contributed by atoms with E-state index in [1.165, 1.54) is 9.80 Å². The van der Waals surface area contributed by atoms with E-state index in [0.29, 0.717) is 12.0 Å². The normalized spacial score (nSPS) is 24.8. The number of ether oxygens (including phenoxy) is 2. The van der Waals surface area contributed by atoms with Gasteiger partial charge in [-0.2, -0.15) is 0 Å². The second kappa shape index (κ2) is 9.58. The summed E-state index contributed by atoms with van der Waals surface area (Å²) in [4.78, 5) is 43.1. The SMILES string of the molecule is C[C@@H](C(=O)OCc1ccccc1)N1C[C@](O)(c2ccccc2)[C@]2(CCCN2C(=O)OC(C)(C)C)C1=O. The first-order valence-electron chi connectivity index (χ1n) is 12.3. The Balaban J connectivity index is 1.67. The van der Waals surface area contributed by atoms with Crippen LogP contribution >= 0.6 is 0 Å². The standard InChI is InChI=1S/C28H34N2O6/c1-20(23(31)35-18-21-12-7-5-8-13-21)29-19-28(34,22-14-9-6-10-15-22)27(24(29)32)16-11-17-30(27)25(33)36-26(2,3)4/h5-10,12-15,20,34H,11,16-19H2,1-4H3/t20-,27-,28-/m0/s1. The molecule has 1 spiro atoms. The predicted molar refractivity (Wildman–Crippen MR) is 133 cm³/mol. The molecule has 1 N–H and O–H groups in total. The number of hydrogen-bond acceptors (Lipinski definition) is 6. The van der Waals surface area contributed by atoms with Gasteiger partial charge in [-0.05, 0) is 51.7 Å². The molecule has 2 fully saturated rings. The van der Waals surface area contributed by atoms with Crippen molar-refractivity contribution >= 4 is 18.0 Å². The lowest BCUT2D eigenvalue weighted by Gasteiger charge is -2.43. The molecule has 8 nitrogen and oxygen atoms in total. The number of aliphatic hydroxyl groups is 1. The summed E-state index contributed by atoms with van der Waals surface area (Å²) in [5.41, 5.74) is -2.78. The molecular weight excluding hydrogens is 460 g/mol. The Bertz CT molecular complexity index is 1120. The van der Waals surface area contributed by atoms with Gasteiger partial charge in [0.1, 0.15) is 23.9 Å². The van der Waals surface area contributed by atoms with Crippen LogP contribution in [0.25, 0.3) is 0 Å². The molecular formula is C28H34N2O6. The summed E-state index contributed by atoms with van der Waals surface area (Å²) in [6.07, 6.45) is 0.100. The van der Waals surface area contributed by atoms with Gasteiger partial charge in [-0.3, -0.25) is 9.69 Å². The smallest absolute Gasteiger partial charge is 0.411 e. The molecule has 2 heterocycles. The molecule has 2 aromatic carbocycles. The third kappa shape index (κ3) is 4.46. The summed E-state index contributed by atoms with van der Waals surface area (Å²) in [6, 6.07) is 17.2. The van der Waals surface area contributed by atoms with Crippen molar-refractivity contribution in [3.63, 3.8) is 0 Å². The first-order valence-corrected chi connectivity index (χ1v) is 12.3. The average molecular weight is 495 g/mol. The summed E-state index contributed by atoms with van der Waals surface area (Å²) in [7, 11) is 0. The van der Waals surface area contributed by atoms with E-state index >= 15 is 0 Å². The maximum atomic E-state index is 14.1. The molecule has 4 rings (SSSR count). The van der Waals surface area contributed by atoms with E-state index in [-0.39, 0.29) is 26.1 Å². The molecule has 0 unspecified atom stereocenters. The van der Waals surface area contributed by atoms with E-state index in [1.54, 1.807) is 52.0 Å². The Morgan fingerprint density at radius 3 is 2.28 bits per heavy atom. The van der Waals surface area contributed by atoms with Gasteiger partial charge in [0.15, 0.2) is 5.54 Å². The summed E-state index contributed by atoms with van der Waals surface area (Å²) < 4.78 is 11.1. The Kier molecular flexibility index (Phi) is 6.84. The van der Waals surface area contributed by atoms with Crippen LogP contribution in [0.5, 0.6) is 0 Å². The number of rotatable bonds is 5. The van der Waals surface area contributed by atoms with Crippen molar-refractivity contribution in [2.45, 2.75) is 69.9 Å². The minimum atomic E-state index is -1.74. The molecule has 2 aliphatic heterocycles. The number of carbonyl (C=O) groups is 3. The second-order valence-electron chi connectivity index (χ2n) is 10.5. The van der Waals surface area contributed by atoms with Gasteiger partial charge in [0.25, 0.3) is 5.91 Å². The zero-order valence-corrected chi connectivity index (χ0v) is 21.3. The fourth-order valence-electron chi connectivity index (χ4n) is 5.23. The van der Waals surface area contributed by atoms with Crippen molar-refractivity contribution in [3.05, 3.63) is 71.8 Å². The predicted octanol–water partition coefficient (Wildman–Crippen LogP) is 3.62. The highest BCUT2D eigenvalue weighted by molar-refractivity contribution is 5.97. The summed E-state index contributed by atoms with van der Waals surface area (Å²) in [6.45, 7) is 7.03. The van der Waals surface area contributed by atoms with Crippen LogP contribution in [-0.4, -0.2) is 63.1 Å². The Labute approximate surface area is 211 Å². The first-order chi connectivity index (χ1) is 17.0. The van der Waals surface area contributed by atoms with Gasteiger partial charge >= 0.3 is 12.1 Å². The van der Waals surface area contributed by atoms with Crippen LogP contribution in [0.1, 0.15) is 51.7 Å². The van der Waals surface area contributed by atoms with Crippen molar-refractivity contribution in [2.24, 2.45) is 0 Å². The van der Waals surface area contributed by atoms with Crippen LogP contribution in [0.2, 0.25) is 0 Å². The van der Waals surface area contributed by atoms with Crippen molar-refractivity contribution in [1.82, 2.24) is 9.80 Å². The van der Waals surface area contributed by atoms with Gasteiger partial charge < -0.3 is 19.5 Å². The van der Waals surface area contributed by atoms with Crippen LogP contribution in [0.15, 0.2) is 60.7 Å². The number of benzene rings is 2. The van der Waals surface area contributed by atoms with Gasteiger partial charge in [-0.15, -0.1) is 0 Å². The third-order valence-electron chi connectivity index (χ3n) is 6.98. The van der Waals surface area contributed by atoms with E-state index in [2.05, 4.69) is 0 Å². The largest absolute Gasteiger partial charge is 0.459 e. The van der Waals surface area contributed by atoms with Gasteiger partial charge in [0.2, 0.25) is 0 Å². The van der Waals surface area contributed by atoms with Crippen LogP contribution in [0.3, 0.4) is 0 Å². The number of esters is 1. The van der Waals surface area contributed by atoms with E-state index in [9.17, 15) is 19.5 Å². The summed E-state index contributed by atoms with van der Waals surface area (Å²) in [5.74, 6) is -1.07. The maximum absolute atomic E-state index is 14.1. The summed E-state index contributed by atoms with van der Waals surface area (Å²) >= 11 is 0. The van der Waals surface area contributed by atoms with E-state index in [1.807, 2.05) is 36.4 Å². The van der Waals surface area contributed by atoms with Crippen LogP contribution in [-0.2, 0) is 31.3 Å². The molecule has 2 aromatic rings. The molecule has 2 amide bonds. The number of β-amino-alcohol motifs (C(OH)–C–C–N with tert-alkyl or cyclic N) is 1. The molecule has 0 radical (unpaired) electrons. The van der Waals surface area contributed by atoms with Crippen LogP contribution in [0, 0.1) is 0 Å². The first kappa shape index (κ1) is 25.7. The highest BCUT2D eigenvalue weighted by Crippen LogP contribution is 2.51. The maximum Gasteiger partial charge on any atom is 0.411 e. The van der Waals surface area contributed by atoms with Crippen LogP contribution < -0.4 is 0 Å². The zero-order chi connectivity index (χ0) is 26.1. The van der Waals surface area contributed by atoms with Gasteiger partial charge in [-0.25, -0.2) is 9.59 Å². The molecule has 0 bridgehead atoms. The molecule has 2 aliphatic rings. The Morgan fingerprint density at radius 2 is 1.67 bits per heavy atom. The Morgan fingerprint density at radius 1 is 1.06 bits per heavy atom. The number of carbonyl (C=O) groups excluding carboxylic acids is 3. The van der Waals surface area contributed by atoms with Gasteiger partial charge in [0, 0.05) is 6.54 Å². The van der Waals surface area contributed by atoms with E-state index in [0.717, 1.165) is 5.56 Å². The van der Waals surface area contributed by atoms with E-state index in [4.69, 9.17) is 9.47 Å². The molecule has 0 saturated carbocycles. The lowest BCUT2D eigenvalue weighted by Crippen LogP contribution is -2.63. The number of likely N-dealkylation sites (tertiary alicyclic amines) is 2. The highest BCUT2D eigenvalue weighted by atomic mass is 16.6. The van der Waals surface area contributed by atoms with Crippen molar-refractivity contribution in [3.8, 4) is 0 Å². The minimum absolute atomic E-state index is 0.0736. The zero-order valence-electron chi connectivity index (χ0n) is 21.3. The number of nitrogens with zero attached hydrogens (tertiary/aromatic N) is 2. The molecule has 2 saturated heterocycles. The molecule has 8 heteroatoms. The molecule has 192 valence electrons. The minimum Gasteiger partial charge on any atom is -0.459 e. The lowest BCUT2D eigenvalue weighted by molar-refractivity contribution is -0.156. The Hall–Kier alpha value is -3.39. The molecule has 36 heavy (non-hydrogen) atoms. The van der Waals surface area contributed by atoms with Gasteiger partial charge in [-0.1, -0.05) is 60.7 Å². The average Bonchev–Trinajstić information content (AvgIpc) is 3.40. The second-order valence-corrected chi connectivity index (χ2v) is 10.5. The fraction of sp³-hybridized carbons (Fsp3) is 0.464. The van der Waals surface area contributed by atoms with Crippen molar-refractivity contribution in [1.29, 1.82) is 0 Å². The van der Waals surface area contributed by atoms with E-state index < -0.39 is 40.8 Å². The highest BCUT2D eigenvalue weighted by Gasteiger charge is 2.70. The van der Waals surface area contributed by atoms with Crippen molar-refractivity contribution < 1.29 is 29.0 Å². The topological polar surface area (TPSA) is 96.4 Å². The molecule has 3 atom stereocenters. The quantitative estimate of drug-likeness (QED) is 0.638. The number of hydrogen-bond donors (Lipinski definition) is 1. The lowest BCUT2D eigenvalue weighted by atomic mass is 9.75. The molecule has 0 aromatic heterocycles. The number of amides is 2. The summed E-state index contributed by atoms with van der Waals surface area (Å²) in [5, 5.41) is 12.2. The third-order valence-corrected chi connectivity index (χ3v) is 6.98. The fourth-order valence-corrected chi connectivity index (χ4v) is 5.23. The molecule has 0 aliphatic carbocycles. The monoisotopic (exact) mass is 494 g/mol. The van der Waals surface area contributed by atoms with Gasteiger partial charge in [0.05, 0.1) is 6.54 Å². The van der Waals surface area contributed by atoms with Crippen LogP contribution in [0.4, 0.5) is 4.79 Å².